The predicted octanol–water partition coefficient (Wildman–Crippen LogP) is 1.90. The van der Waals surface area contributed by atoms with Gasteiger partial charge in [0.25, 0.3) is 0 Å². The van der Waals surface area contributed by atoms with Crippen LogP contribution in [0.2, 0.25) is 0 Å². The van der Waals surface area contributed by atoms with E-state index in [1.165, 1.54) is 4.90 Å². The van der Waals surface area contributed by atoms with E-state index in [1.807, 2.05) is 27.0 Å². The van der Waals surface area contributed by atoms with Gasteiger partial charge >= 0.3 is 0 Å². The average molecular weight is 443 g/mol. The number of hydrogen-bond acceptors (Lipinski definition) is 6. The standard InChI is InChI=1S/C23H34N6O3/c1-23(2,3)20(29-13-18(26-27-29)15-5-6-15)22(32)28-12-17(30)11-19(28)21(31)25-16-7-4-14(10-16)8-9-24/h13-17,19-20,30H,4-8,10-12H2,1-3H3,(H,25,31)/t14-,16-,17?,19?,20-/m1/s1. The molecule has 3 aliphatic rings. The maximum Gasteiger partial charge on any atom is 0.248 e. The van der Waals surface area contributed by atoms with Gasteiger partial charge in [0.2, 0.25) is 11.8 Å². The number of carbonyl (C=O) groups is 2. The number of hydrogen-bond donors (Lipinski definition) is 2. The first kappa shape index (κ1) is 22.7. The zero-order valence-corrected chi connectivity index (χ0v) is 19.2. The van der Waals surface area contributed by atoms with E-state index in [1.54, 1.807) is 4.68 Å². The predicted molar refractivity (Wildman–Crippen MR) is 116 cm³/mol. The lowest BCUT2D eigenvalue weighted by Crippen LogP contribution is -2.51. The van der Waals surface area contributed by atoms with Crippen molar-refractivity contribution in [3.8, 4) is 6.07 Å². The molecular formula is C23H34N6O3. The Balaban J connectivity index is 1.49. The molecule has 5 atom stereocenters. The van der Waals surface area contributed by atoms with Crippen LogP contribution in [0.25, 0.3) is 0 Å². The largest absolute Gasteiger partial charge is 0.391 e. The average Bonchev–Trinajstić information content (AvgIpc) is 3.08. The molecule has 0 radical (unpaired) electrons. The Labute approximate surface area is 189 Å². The highest BCUT2D eigenvalue weighted by molar-refractivity contribution is 5.90. The first-order chi connectivity index (χ1) is 15.2. The van der Waals surface area contributed by atoms with Crippen molar-refractivity contribution in [2.24, 2.45) is 11.3 Å². The second-order valence-electron chi connectivity index (χ2n) is 10.8. The van der Waals surface area contributed by atoms with Crippen LogP contribution in [0.5, 0.6) is 0 Å². The van der Waals surface area contributed by atoms with E-state index in [4.69, 9.17) is 5.26 Å². The lowest BCUT2D eigenvalue weighted by Gasteiger charge is -2.34. The van der Waals surface area contributed by atoms with Crippen LogP contribution in [-0.4, -0.2) is 61.5 Å². The third kappa shape index (κ3) is 4.80. The molecule has 1 aromatic heterocycles. The molecule has 2 N–H and O–H groups in total. The number of amides is 2. The van der Waals surface area contributed by atoms with Crippen LogP contribution >= 0.6 is 0 Å². The summed E-state index contributed by atoms with van der Waals surface area (Å²) in [6.07, 6.45) is 6.62. The van der Waals surface area contributed by atoms with Crippen LogP contribution in [0, 0.1) is 22.7 Å². The Bertz CT molecular complexity index is 896. The fraction of sp³-hybridized carbons (Fsp3) is 0.783. The van der Waals surface area contributed by atoms with Crippen molar-refractivity contribution < 1.29 is 14.7 Å². The van der Waals surface area contributed by atoms with E-state index >= 15 is 0 Å². The smallest absolute Gasteiger partial charge is 0.248 e. The van der Waals surface area contributed by atoms with Gasteiger partial charge in [0.15, 0.2) is 0 Å². The molecule has 174 valence electrons. The van der Waals surface area contributed by atoms with Crippen molar-refractivity contribution >= 4 is 11.8 Å². The molecule has 1 aromatic rings. The molecule has 0 bridgehead atoms. The summed E-state index contributed by atoms with van der Waals surface area (Å²) in [5.41, 5.74) is 0.465. The third-order valence-electron chi connectivity index (χ3n) is 6.97. The quantitative estimate of drug-likeness (QED) is 0.693. The maximum absolute atomic E-state index is 13.7. The molecule has 4 rings (SSSR count). The monoisotopic (exact) mass is 442 g/mol. The van der Waals surface area contributed by atoms with E-state index in [0.717, 1.165) is 37.8 Å². The lowest BCUT2D eigenvalue weighted by molar-refractivity contribution is -0.144. The van der Waals surface area contributed by atoms with Gasteiger partial charge in [0, 0.05) is 37.5 Å². The van der Waals surface area contributed by atoms with E-state index in [0.29, 0.717) is 18.3 Å². The fourth-order valence-corrected chi connectivity index (χ4v) is 5.14. The number of aliphatic hydroxyl groups is 1. The molecule has 0 aromatic carbocycles. The van der Waals surface area contributed by atoms with E-state index < -0.39 is 23.6 Å². The van der Waals surface area contributed by atoms with Crippen molar-refractivity contribution in [2.75, 3.05) is 6.54 Å². The number of rotatable bonds is 6. The first-order valence-corrected chi connectivity index (χ1v) is 11.7. The number of nitrogens with one attached hydrogen (secondary N) is 1. The van der Waals surface area contributed by atoms with Crippen LogP contribution in [-0.2, 0) is 9.59 Å². The van der Waals surface area contributed by atoms with E-state index in [-0.39, 0.29) is 30.8 Å². The van der Waals surface area contributed by atoms with Crippen molar-refractivity contribution in [1.82, 2.24) is 25.2 Å². The second-order valence-corrected chi connectivity index (χ2v) is 10.8. The van der Waals surface area contributed by atoms with Gasteiger partial charge in [-0.1, -0.05) is 26.0 Å². The SMILES string of the molecule is CC(C)(C)[C@@H](C(=O)N1CC(O)CC1C(=O)N[C@@H]1CC[C@H](CC#N)C1)n1cc(C2CC2)nn1. The van der Waals surface area contributed by atoms with Crippen LogP contribution in [0.15, 0.2) is 6.20 Å². The van der Waals surface area contributed by atoms with Gasteiger partial charge in [0.1, 0.15) is 12.1 Å². The summed E-state index contributed by atoms with van der Waals surface area (Å²) in [5.74, 6) is 0.316. The molecule has 9 heteroatoms. The first-order valence-electron chi connectivity index (χ1n) is 11.7. The minimum atomic E-state index is -0.733. The summed E-state index contributed by atoms with van der Waals surface area (Å²) in [6, 6.07) is 0.907. The molecule has 2 heterocycles. The number of carbonyl (C=O) groups excluding carboxylic acids is 2. The normalized spacial score (nSPS) is 29.0. The van der Waals surface area contributed by atoms with Crippen LogP contribution in [0.3, 0.4) is 0 Å². The second kappa shape index (κ2) is 8.81. The highest BCUT2D eigenvalue weighted by Crippen LogP contribution is 2.40. The van der Waals surface area contributed by atoms with E-state index in [2.05, 4.69) is 21.7 Å². The molecule has 2 saturated carbocycles. The topological polar surface area (TPSA) is 124 Å². The van der Waals surface area contributed by atoms with Crippen molar-refractivity contribution in [1.29, 1.82) is 5.26 Å². The number of aliphatic hydroxyl groups excluding tert-OH is 1. The van der Waals surface area contributed by atoms with Crippen molar-refractivity contribution in [2.45, 2.75) is 95.9 Å². The van der Waals surface area contributed by atoms with Gasteiger partial charge < -0.3 is 15.3 Å². The van der Waals surface area contributed by atoms with Gasteiger partial charge in [-0.25, -0.2) is 4.68 Å². The number of likely N-dealkylation sites (tertiary alicyclic amines) is 1. The molecule has 2 unspecified atom stereocenters. The molecule has 1 saturated heterocycles. The molecule has 32 heavy (non-hydrogen) atoms. The van der Waals surface area contributed by atoms with Crippen molar-refractivity contribution in [3.63, 3.8) is 0 Å². The molecule has 3 fully saturated rings. The highest BCUT2D eigenvalue weighted by atomic mass is 16.3. The molecule has 2 amide bonds. The van der Waals surface area contributed by atoms with Gasteiger partial charge in [-0.2, -0.15) is 5.26 Å². The minimum Gasteiger partial charge on any atom is -0.391 e. The zero-order valence-electron chi connectivity index (χ0n) is 19.2. The summed E-state index contributed by atoms with van der Waals surface area (Å²) in [4.78, 5) is 28.4. The number of aromatic nitrogens is 3. The number of β-amino-alcohol motifs (C(OH)–C–C–N with tert-alkyl or cyclic N) is 1. The fourth-order valence-electron chi connectivity index (χ4n) is 5.14. The minimum absolute atomic E-state index is 0.0189. The molecule has 2 aliphatic carbocycles. The highest BCUT2D eigenvalue weighted by Gasteiger charge is 2.46. The van der Waals surface area contributed by atoms with Crippen LogP contribution in [0.4, 0.5) is 0 Å². The summed E-state index contributed by atoms with van der Waals surface area (Å²) in [7, 11) is 0. The molecule has 9 nitrogen and oxygen atoms in total. The Hall–Kier alpha value is -2.47. The van der Waals surface area contributed by atoms with Crippen molar-refractivity contribution in [3.05, 3.63) is 11.9 Å². The summed E-state index contributed by atoms with van der Waals surface area (Å²) in [6.45, 7) is 6.06. The number of nitrogens with zero attached hydrogens (tertiary/aromatic N) is 5. The number of nitriles is 1. The third-order valence-corrected chi connectivity index (χ3v) is 6.97. The Morgan fingerprint density at radius 2 is 2.03 bits per heavy atom. The molecule has 1 aliphatic heterocycles. The zero-order chi connectivity index (χ0) is 23.0. The molecular weight excluding hydrogens is 408 g/mol. The van der Waals surface area contributed by atoms with Crippen LogP contribution in [0.1, 0.15) is 83.4 Å². The Kier molecular flexibility index (Phi) is 6.26. The molecule has 0 spiro atoms. The van der Waals surface area contributed by atoms with Crippen LogP contribution < -0.4 is 5.32 Å². The maximum atomic E-state index is 13.7. The van der Waals surface area contributed by atoms with Gasteiger partial charge in [-0.15, -0.1) is 5.10 Å². The summed E-state index contributed by atoms with van der Waals surface area (Å²) in [5, 5.41) is 30.9. The lowest BCUT2D eigenvalue weighted by atomic mass is 9.85. The Morgan fingerprint density at radius 3 is 2.69 bits per heavy atom. The summed E-state index contributed by atoms with van der Waals surface area (Å²) < 4.78 is 1.64. The summed E-state index contributed by atoms with van der Waals surface area (Å²) >= 11 is 0. The van der Waals surface area contributed by atoms with Gasteiger partial charge in [-0.3, -0.25) is 9.59 Å². The Morgan fingerprint density at radius 1 is 1.28 bits per heavy atom. The van der Waals surface area contributed by atoms with Gasteiger partial charge in [-0.05, 0) is 43.4 Å². The van der Waals surface area contributed by atoms with E-state index in [9.17, 15) is 14.7 Å². The van der Waals surface area contributed by atoms with Gasteiger partial charge in [0.05, 0.1) is 17.9 Å².